The van der Waals surface area contributed by atoms with Crippen molar-refractivity contribution in [1.82, 2.24) is 20.6 Å². The third-order valence-corrected chi connectivity index (χ3v) is 4.03. The molecule has 2 aromatic carbocycles. The number of hydrogen-bond donors (Lipinski definition) is 2. The van der Waals surface area contributed by atoms with Crippen LogP contribution in [-0.2, 0) is 10.7 Å². The molecule has 1 aromatic heterocycles. The van der Waals surface area contributed by atoms with Gasteiger partial charge >= 0.3 is 5.92 Å². The fourth-order valence-corrected chi connectivity index (χ4v) is 2.60. The Balaban J connectivity index is 1.92. The molecule has 3 rings (SSSR count). The number of alkyl halides is 2. The summed E-state index contributed by atoms with van der Waals surface area (Å²) in [4.78, 5) is 12.3. The molecule has 2 N–H and O–H groups in total. The predicted octanol–water partition coefficient (Wildman–Crippen LogP) is 3.37. The zero-order valence-corrected chi connectivity index (χ0v) is 14.9. The summed E-state index contributed by atoms with van der Waals surface area (Å²) in [5.74, 6) is -4.87. The molecule has 1 amide bonds. The van der Waals surface area contributed by atoms with Crippen LogP contribution in [0.4, 0.5) is 14.5 Å². The highest BCUT2D eigenvalue weighted by atomic mass is 79.9. The number of amides is 1. The van der Waals surface area contributed by atoms with Crippen LogP contribution < -0.4 is 10.1 Å². The molecule has 26 heavy (non-hydrogen) atoms. The number of rotatable bonds is 5. The monoisotopic (exact) mass is 423 g/mol. The number of ether oxygens (including phenoxy) is 1. The maximum absolute atomic E-state index is 14.6. The molecule has 0 atom stereocenters. The van der Waals surface area contributed by atoms with Crippen LogP contribution in [0.5, 0.6) is 5.75 Å². The maximum Gasteiger partial charge on any atom is 0.350 e. The quantitative estimate of drug-likeness (QED) is 0.656. The Hall–Kier alpha value is -2.88. The maximum atomic E-state index is 14.6. The number of nitrogens with zero attached hydrogens (tertiary/aromatic N) is 3. The second-order valence-electron chi connectivity index (χ2n) is 5.19. The van der Waals surface area contributed by atoms with Gasteiger partial charge in [0, 0.05) is 15.6 Å². The van der Waals surface area contributed by atoms with Crippen molar-refractivity contribution in [3.63, 3.8) is 0 Å². The molecular formula is C16H12BrF2N5O2. The largest absolute Gasteiger partial charge is 0.497 e. The molecule has 0 spiro atoms. The van der Waals surface area contributed by atoms with Gasteiger partial charge in [-0.15, -0.1) is 10.2 Å². The van der Waals surface area contributed by atoms with Crippen LogP contribution >= 0.6 is 15.9 Å². The summed E-state index contributed by atoms with van der Waals surface area (Å²) in [6.45, 7) is 0. The molecule has 0 radical (unpaired) electrons. The molecule has 0 unspecified atom stereocenters. The van der Waals surface area contributed by atoms with Gasteiger partial charge in [0.25, 0.3) is 5.91 Å². The second kappa shape index (κ2) is 7.16. The van der Waals surface area contributed by atoms with Gasteiger partial charge in [0.1, 0.15) is 5.75 Å². The molecule has 10 heteroatoms. The second-order valence-corrected chi connectivity index (χ2v) is 6.10. The molecule has 7 nitrogen and oxygen atoms in total. The molecule has 0 fully saturated rings. The Bertz CT molecular complexity index is 934. The van der Waals surface area contributed by atoms with E-state index >= 15 is 0 Å². The van der Waals surface area contributed by atoms with E-state index < -0.39 is 17.4 Å². The smallest absolute Gasteiger partial charge is 0.350 e. The average Bonchev–Trinajstić information content (AvgIpc) is 3.17. The predicted molar refractivity (Wildman–Crippen MR) is 92.8 cm³/mol. The van der Waals surface area contributed by atoms with E-state index in [1.54, 1.807) is 12.1 Å². The molecule has 3 aromatic rings. The van der Waals surface area contributed by atoms with E-state index in [-0.39, 0.29) is 17.3 Å². The van der Waals surface area contributed by atoms with E-state index in [1.165, 1.54) is 25.3 Å². The van der Waals surface area contributed by atoms with Crippen molar-refractivity contribution < 1.29 is 18.3 Å². The highest BCUT2D eigenvalue weighted by Crippen LogP contribution is 2.34. The fourth-order valence-electron chi connectivity index (χ4n) is 2.24. The van der Waals surface area contributed by atoms with E-state index in [1.807, 2.05) is 0 Å². The minimum atomic E-state index is -3.77. The number of anilines is 1. The Morgan fingerprint density at radius 3 is 2.77 bits per heavy atom. The highest BCUT2D eigenvalue weighted by Gasteiger charge is 2.41. The first-order chi connectivity index (χ1) is 12.4. The molecule has 0 aliphatic rings. The Morgan fingerprint density at radius 2 is 2.08 bits per heavy atom. The first-order valence-electron chi connectivity index (χ1n) is 7.29. The third-order valence-electron chi connectivity index (χ3n) is 3.53. The summed E-state index contributed by atoms with van der Waals surface area (Å²) in [5.41, 5.74) is -0.0161. The van der Waals surface area contributed by atoms with Gasteiger partial charge in [0.15, 0.2) is 0 Å². The summed E-state index contributed by atoms with van der Waals surface area (Å²) in [7, 11) is 1.36. The van der Waals surface area contributed by atoms with Crippen molar-refractivity contribution in [2.45, 2.75) is 5.92 Å². The average molecular weight is 424 g/mol. The standard InChI is InChI=1S/C16H12BrF2N5O2/c1-26-11-4-2-3-9(7-11)16(18,19)15(25)20-13-6-5-10(17)8-12(13)14-21-23-24-22-14/h2-8H,1H3,(H,20,25)(H,21,22,23,24). The van der Waals surface area contributed by atoms with E-state index in [4.69, 9.17) is 4.74 Å². The number of hydrogen-bond acceptors (Lipinski definition) is 5. The first kappa shape index (κ1) is 17.9. The molecule has 0 aliphatic heterocycles. The van der Waals surface area contributed by atoms with Gasteiger partial charge in [-0.2, -0.15) is 14.0 Å². The molecule has 0 saturated carbocycles. The minimum absolute atomic E-state index is 0.127. The Kier molecular flexibility index (Phi) is 4.94. The topological polar surface area (TPSA) is 92.8 Å². The van der Waals surface area contributed by atoms with Gasteiger partial charge in [0.2, 0.25) is 5.82 Å². The fraction of sp³-hybridized carbons (Fsp3) is 0.125. The van der Waals surface area contributed by atoms with Crippen LogP contribution in [0, 0.1) is 0 Å². The number of aromatic nitrogens is 4. The van der Waals surface area contributed by atoms with Crippen molar-refractivity contribution in [3.8, 4) is 17.1 Å². The number of benzene rings is 2. The lowest BCUT2D eigenvalue weighted by molar-refractivity contribution is -0.140. The lowest BCUT2D eigenvalue weighted by Gasteiger charge is -2.18. The van der Waals surface area contributed by atoms with E-state index in [0.717, 1.165) is 12.1 Å². The van der Waals surface area contributed by atoms with Gasteiger partial charge in [0.05, 0.1) is 12.8 Å². The summed E-state index contributed by atoms with van der Waals surface area (Å²) in [6.07, 6.45) is 0. The van der Waals surface area contributed by atoms with Crippen molar-refractivity contribution in [2.24, 2.45) is 0 Å². The number of tetrazole rings is 1. The summed E-state index contributed by atoms with van der Waals surface area (Å²) >= 11 is 3.28. The molecule has 1 heterocycles. The number of halogens is 3. The zero-order chi connectivity index (χ0) is 18.7. The third kappa shape index (κ3) is 3.54. The number of methoxy groups -OCH3 is 1. The lowest BCUT2D eigenvalue weighted by Crippen LogP contribution is -2.32. The lowest BCUT2D eigenvalue weighted by atomic mass is 10.1. The highest BCUT2D eigenvalue weighted by molar-refractivity contribution is 9.10. The van der Waals surface area contributed by atoms with Crippen molar-refractivity contribution in [2.75, 3.05) is 12.4 Å². The van der Waals surface area contributed by atoms with Crippen molar-refractivity contribution in [1.29, 1.82) is 0 Å². The minimum Gasteiger partial charge on any atom is -0.497 e. The van der Waals surface area contributed by atoms with E-state index in [0.29, 0.717) is 10.0 Å². The Labute approximate surface area is 154 Å². The van der Waals surface area contributed by atoms with Crippen molar-refractivity contribution >= 4 is 27.5 Å². The number of carbonyl (C=O) groups excluding carboxylic acids is 1. The number of H-pyrrole nitrogens is 1. The SMILES string of the molecule is COc1cccc(C(F)(F)C(=O)Nc2ccc(Br)cc2-c2nn[nH]n2)c1. The van der Waals surface area contributed by atoms with Crippen LogP contribution in [0.3, 0.4) is 0 Å². The normalized spacial score (nSPS) is 11.2. The van der Waals surface area contributed by atoms with Gasteiger partial charge in [-0.05, 0) is 35.5 Å². The summed E-state index contributed by atoms with van der Waals surface area (Å²) < 4.78 is 34.8. The van der Waals surface area contributed by atoms with E-state index in [2.05, 4.69) is 41.9 Å². The zero-order valence-electron chi connectivity index (χ0n) is 13.3. The molecular weight excluding hydrogens is 412 g/mol. The van der Waals surface area contributed by atoms with Crippen LogP contribution in [0.15, 0.2) is 46.9 Å². The summed E-state index contributed by atoms with van der Waals surface area (Å²) in [6, 6.07) is 9.83. The van der Waals surface area contributed by atoms with Crippen LogP contribution in [0.1, 0.15) is 5.56 Å². The van der Waals surface area contributed by atoms with Crippen LogP contribution in [0.2, 0.25) is 0 Å². The van der Waals surface area contributed by atoms with Gasteiger partial charge < -0.3 is 10.1 Å². The van der Waals surface area contributed by atoms with Gasteiger partial charge in [-0.25, -0.2) is 0 Å². The van der Waals surface area contributed by atoms with Crippen molar-refractivity contribution in [3.05, 3.63) is 52.5 Å². The van der Waals surface area contributed by atoms with Crippen LogP contribution in [-0.4, -0.2) is 33.6 Å². The van der Waals surface area contributed by atoms with Gasteiger partial charge in [-0.1, -0.05) is 28.1 Å². The number of carbonyl (C=O) groups is 1. The van der Waals surface area contributed by atoms with Gasteiger partial charge in [-0.3, -0.25) is 4.79 Å². The molecule has 134 valence electrons. The van der Waals surface area contributed by atoms with Crippen LogP contribution in [0.25, 0.3) is 11.4 Å². The number of aromatic amines is 1. The first-order valence-corrected chi connectivity index (χ1v) is 8.08. The summed E-state index contributed by atoms with van der Waals surface area (Å²) in [5, 5.41) is 15.6. The Morgan fingerprint density at radius 1 is 1.27 bits per heavy atom. The number of nitrogens with one attached hydrogen (secondary N) is 2. The van der Waals surface area contributed by atoms with E-state index in [9.17, 15) is 13.6 Å². The molecule has 0 aliphatic carbocycles. The molecule has 0 bridgehead atoms. The molecule has 0 saturated heterocycles.